The van der Waals surface area contributed by atoms with Gasteiger partial charge in [0.1, 0.15) is 0 Å². The van der Waals surface area contributed by atoms with Crippen LogP contribution in [0.25, 0.3) is 22.9 Å². The molecule has 0 saturated carbocycles. The molecule has 1 unspecified atom stereocenters. The molecule has 2 heteroatoms. The SMILES string of the molecule is CC1CCCN(c2cccnc2C=Cc2cccc3ccccc23)C1. The van der Waals surface area contributed by atoms with Gasteiger partial charge in [0.15, 0.2) is 0 Å². The molecular formula is C23H24N2. The fourth-order valence-electron chi connectivity index (χ4n) is 3.78. The van der Waals surface area contributed by atoms with Crippen LogP contribution in [0.2, 0.25) is 0 Å². The fourth-order valence-corrected chi connectivity index (χ4v) is 3.78. The highest BCUT2D eigenvalue weighted by atomic mass is 15.1. The molecule has 0 radical (unpaired) electrons. The van der Waals surface area contributed by atoms with Crippen LogP contribution >= 0.6 is 0 Å². The molecule has 1 atom stereocenters. The highest BCUT2D eigenvalue weighted by Gasteiger charge is 2.18. The predicted molar refractivity (Wildman–Crippen MR) is 108 cm³/mol. The van der Waals surface area contributed by atoms with E-state index in [9.17, 15) is 0 Å². The molecule has 2 aromatic carbocycles. The number of hydrogen-bond donors (Lipinski definition) is 0. The van der Waals surface area contributed by atoms with Gasteiger partial charge in [-0.05, 0) is 53.3 Å². The summed E-state index contributed by atoms with van der Waals surface area (Å²) < 4.78 is 0. The third-order valence-electron chi connectivity index (χ3n) is 5.06. The molecule has 4 rings (SSSR count). The van der Waals surface area contributed by atoms with Crippen molar-refractivity contribution in [1.29, 1.82) is 0 Å². The molecule has 2 nitrogen and oxygen atoms in total. The minimum atomic E-state index is 0.754. The van der Waals surface area contributed by atoms with Crippen LogP contribution in [0.3, 0.4) is 0 Å². The highest BCUT2D eigenvalue weighted by molar-refractivity contribution is 5.93. The Labute approximate surface area is 149 Å². The van der Waals surface area contributed by atoms with Crippen LogP contribution in [0, 0.1) is 5.92 Å². The first-order valence-corrected chi connectivity index (χ1v) is 9.17. The standard InChI is InChI=1S/C23H24N2/c1-18-7-6-16-25(17-18)23-12-5-15-24-22(23)14-13-20-10-4-9-19-8-2-3-11-21(19)20/h2-5,8-15,18H,6-7,16-17H2,1H3. The van der Waals surface area contributed by atoms with Gasteiger partial charge in [0.25, 0.3) is 0 Å². The van der Waals surface area contributed by atoms with Crippen molar-refractivity contribution >= 4 is 28.6 Å². The number of hydrogen-bond acceptors (Lipinski definition) is 2. The Morgan fingerprint density at radius 3 is 2.80 bits per heavy atom. The molecule has 0 amide bonds. The first-order chi connectivity index (χ1) is 12.3. The van der Waals surface area contributed by atoms with Gasteiger partial charge >= 0.3 is 0 Å². The molecule has 3 aromatic rings. The van der Waals surface area contributed by atoms with E-state index in [1.807, 2.05) is 12.3 Å². The van der Waals surface area contributed by atoms with Crippen molar-refractivity contribution in [2.45, 2.75) is 19.8 Å². The van der Waals surface area contributed by atoms with Gasteiger partial charge in [-0.15, -0.1) is 0 Å². The normalized spacial score (nSPS) is 18.1. The maximum atomic E-state index is 4.65. The van der Waals surface area contributed by atoms with Gasteiger partial charge < -0.3 is 4.90 Å². The molecule has 1 aliphatic heterocycles. The first kappa shape index (κ1) is 15.9. The van der Waals surface area contributed by atoms with E-state index in [4.69, 9.17) is 0 Å². The summed E-state index contributed by atoms with van der Waals surface area (Å²) in [5.41, 5.74) is 3.55. The molecule has 0 N–H and O–H groups in total. The van der Waals surface area contributed by atoms with Gasteiger partial charge in [-0.2, -0.15) is 0 Å². The second-order valence-corrected chi connectivity index (χ2v) is 7.00. The van der Waals surface area contributed by atoms with Gasteiger partial charge in [0.05, 0.1) is 11.4 Å². The third-order valence-corrected chi connectivity index (χ3v) is 5.06. The highest BCUT2D eigenvalue weighted by Crippen LogP contribution is 2.27. The summed E-state index contributed by atoms with van der Waals surface area (Å²) >= 11 is 0. The fraction of sp³-hybridized carbons (Fsp3) is 0.261. The van der Waals surface area contributed by atoms with Gasteiger partial charge in [-0.1, -0.05) is 55.5 Å². The summed E-state index contributed by atoms with van der Waals surface area (Å²) in [5.74, 6) is 0.754. The van der Waals surface area contributed by atoms with Gasteiger partial charge in [-0.3, -0.25) is 4.98 Å². The van der Waals surface area contributed by atoms with Crippen molar-refractivity contribution in [3.63, 3.8) is 0 Å². The minimum absolute atomic E-state index is 0.754. The van der Waals surface area contributed by atoms with E-state index in [-0.39, 0.29) is 0 Å². The Kier molecular flexibility index (Phi) is 4.51. The molecule has 1 fully saturated rings. The summed E-state index contributed by atoms with van der Waals surface area (Å²) in [5, 5.41) is 2.56. The smallest absolute Gasteiger partial charge is 0.0863 e. The van der Waals surface area contributed by atoms with Crippen molar-refractivity contribution in [2.75, 3.05) is 18.0 Å². The number of aromatic nitrogens is 1. The quantitative estimate of drug-likeness (QED) is 0.618. The van der Waals surface area contributed by atoms with Gasteiger partial charge in [-0.25, -0.2) is 0 Å². The maximum absolute atomic E-state index is 4.65. The van der Waals surface area contributed by atoms with E-state index in [2.05, 4.69) is 77.5 Å². The van der Waals surface area contributed by atoms with Crippen LogP contribution in [0.15, 0.2) is 60.8 Å². The van der Waals surface area contributed by atoms with Crippen molar-refractivity contribution < 1.29 is 0 Å². The monoisotopic (exact) mass is 328 g/mol. The summed E-state index contributed by atoms with van der Waals surface area (Å²) in [7, 11) is 0. The second kappa shape index (κ2) is 7.10. The zero-order valence-corrected chi connectivity index (χ0v) is 14.7. The number of pyridine rings is 1. The second-order valence-electron chi connectivity index (χ2n) is 7.00. The molecule has 126 valence electrons. The average Bonchev–Trinajstić information content (AvgIpc) is 2.66. The summed E-state index contributed by atoms with van der Waals surface area (Å²) in [6.45, 7) is 4.60. The lowest BCUT2D eigenvalue weighted by molar-refractivity contribution is 0.446. The molecule has 0 aliphatic carbocycles. The number of piperidine rings is 1. The lowest BCUT2D eigenvalue weighted by Crippen LogP contribution is -2.34. The van der Waals surface area contributed by atoms with Crippen molar-refractivity contribution in [1.82, 2.24) is 4.98 Å². The Balaban J connectivity index is 1.67. The number of anilines is 1. The first-order valence-electron chi connectivity index (χ1n) is 9.17. The van der Waals surface area contributed by atoms with E-state index in [0.717, 1.165) is 24.7 Å². The van der Waals surface area contributed by atoms with Crippen molar-refractivity contribution in [2.24, 2.45) is 5.92 Å². The number of nitrogens with zero attached hydrogens (tertiary/aromatic N) is 2. The molecule has 2 heterocycles. The van der Waals surface area contributed by atoms with E-state index in [1.54, 1.807) is 0 Å². The van der Waals surface area contributed by atoms with Crippen molar-refractivity contribution in [3.05, 3.63) is 72.1 Å². The van der Waals surface area contributed by atoms with Crippen LogP contribution < -0.4 is 4.90 Å². The molecule has 1 aromatic heterocycles. The van der Waals surface area contributed by atoms with Crippen LogP contribution in [-0.2, 0) is 0 Å². The number of benzene rings is 2. The largest absolute Gasteiger partial charge is 0.370 e. The zero-order chi connectivity index (χ0) is 17.1. The van der Waals surface area contributed by atoms with Crippen molar-refractivity contribution in [3.8, 4) is 0 Å². The lowest BCUT2D eigenvalue weighted by atomic mass is 9.99. The molecular weight excluding hydrogens is 304 g/mol. The summed E-state index contributed by atoms with van der Waals surface area (Å²) in [4.78, 5) is 7.14. The zero-order valence-electron chi connectivity index (χ0n) is 14.7. The van der Waals surface area contributed by atoms with Gasteiger partial charge in [0, 0.05) is 19.3 Å². The van der Waals surface area contributed by atoms with E-state index >= 15 is 0 Å². The van der Waals surface area contributed by atoms with Gasteiger partial charge in [0.2, 0.25) is 0 Å². The third kappa shape index (κ3) is 3.43. The van der Waals surface area contributed by atoms with E-state index in [0.29, 0.717) is 0 Å². The minimum Gasteiger partial charge on any atom is -0.370 e. The lowest BCUT2D eigenvalue weighted by Gasteiger charge is -2.33. The number of fused-ring (bicyclic) bond motifs is 1. The molecule has 0 spiro atoms. The Morgan fingerprint density at radius 2 is 1.88 bits per heavy atom. The van der Waals surface area contributed by atoms with E-state index in [1.165, 1.54) is 34.9 Å². The predicted octanol–water partition coefficient (Wildman–Crippen LogP) is 5.64. The van der Waals surface area contributed by atoms with Crippen LogP contribution in [0.1, 0.15) is 31.0 Å². The van der Waals surface area contributed by atoms with Crippen LogP contribution in [-0.4, -0.2) is 18.1 Å². The molecule has 1 saturated heterocycles. The Hall–Kier alpha value is -2.61. The van der Waals surface area contributed by atoms with Crippen LogP contribution in [0.5, 0.6) is 0 Å². The van der Waals surface area contributed by atoms with E-state index < -0.39 is 0 Å². The summed E-state index contributed by atoms with van der Waals surface area (Å²) in [6.07, 6.45) is 8.85. The van der Waals surface area contributed by atoms with Crippen LogP contribution in [0.4, 0.5) is 5.69 Å². The average molecular weight is 328 g/mol. The summed E-state index contributed by atoms with van der Waals surface area (Å²) in [6, 6.07) is 19.2. The number of rotatable bonds is 3. The topological polar surface area (TPSA) is 16.1 Å². The Bertz CT molecular complexity index is 892. The molecule has 25 heavy (non-hydrogen) atoms. The molecule has 1 aliphatic rings. The Morgan fingerprint density at radius 1 is 1.00 bits per heavy atom. The maximum Gasteiger partial charge on any atom is 0.0863 e. The molecule has 0 bridgehead atoms.